The lowest BCUT2D eigenvalue weighted by Gasteiger charge is -2.13. The number of allylic oxidation sites excluding steroid dienone is 2. The second kappa shape index (κ2) is 11.8. The Kier molecular flexibility index (Phi) is 8.20. The molecule has 1 aliphatic carbocycles. The minimum absolute atomic E-state index is 0.143. The Morgan fingerprint density at radius 3 is 2.60 bits per heavy atom. The van der Waals surface area contributed by atoms with Gasteiger partial charge < -0.3 is 10.4 Å². The maximum atomic E-state index is 12.9. The lowest BCUT2D eigenvalue weighted by Crippen LogP contribution is -2.25. The van der Waals surface area contributed by atoms with Crippen LogP contribution in [0.15, 0.2) is 106 Å². The van der Waals surface area contributed by atoms with Gasteiger partial charge in [-0.15, -0.1) is 0 Å². The molecule has 4 aromatic rings. The van der Waals surface area contributed by atoms with E-state index in [4.69, 9.17) is 0 Å². The molecule has 2 aromatic carbocycles. The van der Waals surface area contributed by atoms with Gasteiger partial charge in [0.25, 0.3) is 0 Å². The molecule has 5 rings (SSSR count). The second-order valence-corrected chi connectivity index (χ2v) is 12.4. The fourth-order valence-electron chi connectivity index (χ4n) is 4.39. The van der Waals surface area contributed by atoms with Crippen molar-refractivity contribution < 1.29 is 13.5 Å². The van der Waals surface area contributed by atoms with E-state index in [2.05, 4.69) is 56.0 Å². The van der Waals surface area contributed by atoms with E-state index < -0.39 is 10.0 Å². The number of phenolic OH excluding ortho intramolecular Hbond substituents is 1. The highest BCUT2D eigenvalue weighted by Gasteiger charge is 2.16. The number of aromatic nitrogens is 3. The lowest BCUT2D eigenvalue weighted by atomic mass is 10.0. The second-order valence-electron chi connectivity index (χ2n) is 9.81. The Hall–Kier alpha value is -3.73. The molecule has 0 atom stereocenters. The van der Waals surface area contributed by atoms with E-state index in [1.165, 1.54) is 0 Å². The third-order valence-corrected chi connectivity index (χ3v) is 8.60. The fraction of sp³-hybridized carbons (Fsp3) is 0.200. The van der Waals surface area contributed by atoms with E-state index in [1.807, 2.05) is 48.6 Å². The summed E-state index contributed by atoms with van der Waals surface area (Å²) in [6, 6.07) is 15.9. The van der Waals surface area contributed by atoms with Crippen molar-refractivity contribution in [3.05, 3.63) is 106 Å². The smallest absolute Gasteiger partial charge is 0.240 e. The number of sulfonamides is 1. The van der Waals surface area contributed by atoms with Crippen LogP contribution in [-0.2, 0) is 10.0 Å². The minimum atomic E-state index is -3.65. The molecule has 0 spiro atoms. The Balaban J connectivity index is 1.32. The molecular weight excluding hydrogens is 590 g/mol. The van der Waals surface area contributed by atoms with Gasteiger partial charge in [-0.2, -0.15) is 9.61 Å². The summed E-state index contributed by atoms with van der Waals surface area (Å²) in [7, 11) is -3.65. The first kappa shape index (κ1) is 27.8. The predicted octanol–water partition coefficient (Wildman–Crippen LogP) is 6.19. The SMILES string of the molecule is CC(C)c1ccc(S(=O)(=O)NCC2=CC(CNc3cc(-c4ccccc4O)nc4c(Br)cnn34)=CCC=C2)cc1. The molecule has 206 valence electrons. The number of phenols is 1. The van der Waals surface area contributed by atoms with Crippen molar-refractivity contribution in [2.45, 2.75) is 31.1 Å². The van der Waals surface area contributed by atoms with Crippen molar-refractivity contribution in [2.75, 3.05) is 18.4 Å². The van der Waals surface area contributed by atoms with Crippen molar-refractivity contribution >= 4 is 37.4 Å². The molecule has 1 aliphatic rings. The molecule has 2 heterocycles. The van der Waals surface area contributed by atoms with Gasteiger partial charge in [-0.1, -0.05) is 62.4 Å². The zero-order valence-corrected chi connectivity index (χ0v) is 24.6. The van der Waals surface area contributed by atoms with Crippen LogP contribution in [0.25, 0.3) is 16.9 Å². The van der Waals surface area contributed by atoms with Gasteiger partial charge in [0.15, 0.2) is 5.65 Å². The quantitative estimate of drug-likeness (QED) is 0.206. The maximum absolute atomic E-state index is 12.9. The van der Waals surface area contributed by atoms with Gasteiger partial charge in [0, 0.05) is 24.7 Å². The molecule has 0 unspecified atom stereocenters. The average molecular weight is 621 g/mol. The van der Waals surface area contributed by atoms with Crippen LogP contribution < -0.4 is 10.0 Å². The molecule has 0 aliphatic heterocycles. The number of benzene rings is 2. The zero-order valence-electron chi connectivity index (χ0n) is 22.2. The van der Waals surface area contributed by atoms with Crippen molar-refractivity contribution in [2.24, 2.45) is 0 Å². The van der Waals surface area contributed by atoms with Crippen molar-refractivity contribution in [1.29, 1.82) is 0 Å². The number of nitrogens with one attached hydrogen (secondary N) is 2. The van der Waals surface area contributed by atoms with Gasteiger partial charge in [0.1, 0.15) is 11.6 Å². The van der Waals surface area contributed by atoms with Crippen LogP contribution >= 0.6 is 15.9 Å². The number of hydrogen-bond acceptors (Lipinski definition) is 6. The van der Waals surface area contributed by atoms with E-state index in [-0.39, 0.29) is 17.2 Å². The van der Waals surface area contributed by atoms with Crippen molar-refractivity contribution in [1.82, 2.24) is 19.3 Å². The summed E-state index contributed by atoms with van der Waals surface area (Å²) in [6.07, 6.45) is 10.4. The number of nitrogens with zero attached hydrogens (tertiary/aromatic N) is 3. The van der Waals surface area contributed by atoms with Crippen LogP contribution in [0.1, 0.15) is 31.7 Å². The largest absolute Gasteiger partial charge is 0.507 e. The standard InChI is InChI=1S/C30H30BrN5O3S/c1-20(2)23-11-13-24(14-12-23)40(38,39)34-18-22-8-4-3-7-21(15-22)17-32-29-16-27(25-9-5-6-10-28(25)37)35-30-26(31)19-33-36(29)30/h4-16,19-20,32,34,37H,3,17-18H2,1-2H3. The van der Waals surface area contributed by atoms with Gasteiger partial charge in [0.05, 0.1) is 21.3 Å². The summed E-state index contributed by atoms with van der Waals surface area (Å²) in [5.74, 6) is 1.18. The summed E-state index contributed by atoms with van der Waals surface area (Å²) in [5.41, 5.74) is 4.79. The van der Waals surface area contributed by atoms with Gasteiger partial charge in [0.2, 0.25) is 10.0 Å². The maximum Gasteiger partial charge on any atom is 0.240 e. The molecule has 10 heteroatoms. The first-order valence-electron chi connectivity index (χ1n) is 12.9. The Morgan fingerprint density at radius 1 is 1.07 bits per heavy atom. The van der Waals surface area contributed by atoms with Gasteiger partial charge in [-0.05, 0) is 69.2 Å². The summed E-state index contributed by atoms with van der Waals surface area (Å²) in [4.78, 5) is 4.94. The molecule has 8 nitrogen and oxygen atoms in total. The van der Waals surface area contributed by atoms with Crippen LogP contribution in [0.2, 0.25) is 0 Å². The van der Waals surface area contributed by atoms with Crippen LogP contribution in [0.5, 0.6) is 5.75 Å². The summed E-state index contributed by atoms with van der Waals surface area (Å²) >= 11 is 3.51. The number of anilines is 1. The highest BCUT2D eigenvalue weighted by atomic mass is 79.9. The van der Waals surface area contributed by atoms with E-state index >= 15 is 0 Å². The molecule has 0 amide bonds. The molecule has 0 fully saturated rings. The van der Waals surface area contributed by atoms with E-state index in [9.17, 15) is 13.5 Å². The number of para-hydroxylation sites is 1. The first-order valence-corrected chi connectivity index (χ1v) is 15.2. The predicted molar refractivity (Wildman–Crippen MR) is 162 cm³/mol. The minimum Gasteiger partial charge on any atom is -0.507 e. The zero-order chi connectivity index (χ0) is 28.3. The lowest BCUT2D eigenvalue weighted by molar-refractivity contribution is 0.477. The van der Waals surface area contributed by atoms with Crippen LogP contribution in [0.4, 0.5) is 5.82 Å². The molecule has 2 aromatic heterocycles. The monoisotopic (exact) mass is 619 g/mol. The Labute approximate surface area is 242 Å². The highest BCUT2D eigenvalue weighted by molar-refractivity contribution is 9.10. The van der Waals surface area contributed by atoms with E-state index in [0.717, 1.165) is 27.6 Å². The molecule has 0 bridgehead atoms. The summed E-state index contributed by atoms with van der Waals surface area (Å²) in [5, 5.41) is 18.3. The number of rotatable bonds is 9. The average Bonchev–Trinajstić information content (AvgIpc) is 3.17. The highest BCUT2D eigenvalue weighted by Crippen LogP contribution is 2.31. The van der Waals surface area contributed by atoms with Crippen molar-refractivity contribution in [3.63, 3.8) is 0 Å². The number of hydrogen-bond donors (Lipinski definition) is 3. The summed E-state index contributed by atoms with van der Waals surface area (Å²) in [6.45, 7) is 4.80. The van der Waals surface area contributed by atoms with Crippen LogP contribution in [-0.4, -0.2) is 41.2 Å². The van der Waals surface area contributed by atoms with Crippen molar-refractivity contribution in [3.8, 4) is 17.0 Å². The number of aromatic hydroxyl groups is 1. The third-order valence-electron chi connectivity index (χ3n) is 6.62. The molecule has 0 radical (unpaired) electrons. The first-order chi connectivity index (χ1) is 19.2. The molecule has 3 N–H and O–H groups in total. The Bertz CT molecular complexity index is 1740. The normalized spacial score (nSPS) is 13.8. The third kappa shape index (κ3) is 6.19. The fourth-order valence-corrected chi connectivity index (χ4v) is 5.76. The van der Waals surface area contributed by atoms with Crippen LogP contribution in [0, 0.1) is 0 Å². The van der Waals surface area contributed by atoms with E-state index in [1.54, 1.807) is 35.0 Å². The molecule has 0 saturated carbocycles. The van der Waals surface area contributed by atoms with Gasteiger partial charge >= 0.3 is 0 Å². The molecule has 0 saturated heterocycles. The summed E-state index contributed by atoms with van der Waals surface area (Å²) < 4.78 is 31.0. The number of fused-ring (bicyclic) bond motifs is 1. The van der Waals surface area contributed by atoms with Gasteiger partial charge in [-0.3, -0.25) is 0 Å². The number of halogens is 1. The van der Waals surface area contributed by atoms with Gasteiger partial charge in [-0.25, -0.2) is 18.1 Å². The van der Waals surface area contributed by atoms with E-state index in [0.29, 0.717) is 35.2 Å². The van der Waals surface area contributed by atoms with Crippen LogP contribution in [0.3, 0.4) is 0 Å². The molecular formula is C30H30BrN5O3S. The molecule has 40 heavy (non-hydrogen) atoms. The topological polar surface area (TPSA) is 109 Å². The Morgan fingerprint density at radius 2 is 1.85 bits per heavy atom.